The van der Waals surface area contributed by atoms with Crippen molar-refractivity contribution in [2.75, 3.05) is 23.3 Å². The lowest BCUT2D eigenvalue weighted by Gasteiger charge is -2.18. The van der Waals surface area contributed by atoms with Crippen LogP contribution in [0, 0.1) is 17.0 Å². The standard InChI is InChI=1S/C25H22ClN7O3S/c1-15-4-7-18(14-19(15)26)32-29-20-8-6-17(13-21(20)30-32)27-25(37)28-24(34)16-5-9-22(23(12-16)33(35)36)31-10-2-3-11-31/h4-9,12-14H,2-3,10-11H2,1H3,(H2,27,28,34,37). The molecule has 0 bridgehead atoms. The van der Waals surface area contributed by atoms with Gasteiger partial charge in [0.15, 0.2) is 5.11 Å². The maximum absolute atomic E-state index is 12.8. The summed E-state index contributed by atoms with van der Waals surface area (Å²) in [6.07, 6.45) is 1.98. The zero-order valence-electron chi connectivity index (χ0n) is 19.8. The molecular weight excluding hydrogens is 514 g/mol. The van der Waals surface area contributed by atoms with Crippen LogP contribution in [0.15, 0.2) is 54.6 Å². The quantitative estimate of drug-likeness (QED) is 0.208. The van der Waals surface area contributed by atoms with Crippen LogP contribution in [-0.2, 0) is 0 Å². The second-order valence-electron chi connectivity index (χ2n) is 8.69. The first-order valence-corrected chi connectivity index (χ1v) is 12.4. The molecule has 37 heavy (non-hydrogen) atoms. The maximum Gasteiger partial charge on any atom is 0.293 e. The zero-order chi connectivity index (χ0) is 26.1. The van der Waals surface area contributed by atoms with Crippen molar-refractivity contribution in [2.24, 2.45) is 0 Å². The third-order valence-corrected chi connectivity index (χ3v) is 6.74. The number of anilines is 2. The van der Waals surface area contributed by atoms with Crippen LogP contribution in [0.2, 0.25) is 5.02 Å². The van der Waals surface area contributed by atoms with Gasteiger partial charge in [-0.3, -0.25) is 20.2 Å². The van der Waals surface area contributed by atoms with Crippen LogP contribution in [0.3, 0.4) is 0 Å². The predicted octanol–water partition coefficient (Wildman–Crippen LogP) is 5.02. The number of aromatic nitrogens is 3. The van der Waals surface area contributed by atoms with Crippen LogP contribution in [0.1, 0.15) is 28.8 Å². The molecule has 10 nitrogen and oxygen atoms in total. The first-order valence-electron chi connectivity index (χ1n) is 11.6. The Kier molecular flexibility index (Phi) is 6.72. The van der Waals surface area contributed by atoms with Gasteiger partial charge in [0.1, 0.15) is 16.7 Å². The molecule has 3 aromatic carbocycles. The van der Waals surface area contributed by atoms with Crippen molar-refractivity contribution in [1.29, 1.82) is 0 Å². The van der Waals surface area contributed by atoms with Crippen LogP contribution in [-0.4, -0.2) is 44.0 Å². The van der Waals surface area contributed by atoms with Gasteiger partial charge in [0.2, 0.25) is 0 Å². The molecule has 0 aliphatic carbocycles. The van der Waals surface area contributed by atoms with Crippen molar-refractivity contribution in [3.8, 4) is 5.69 Å². The molecular formula is C25H22ClN7O3S. The van der Waals surface area contributed by atoms with Gasteiger partial charge in [-0.2, -0.15) is 4.80 Å². The van der Waals surface area contributed by atoms with Crippen LogP contribution in [0.25, 0.3) is 16.7 Å². The van der Waals surface area contributed by atoms with E-state index in [4.69, 9.17) is 23.8 Å². The molecule has 0 unspecified atom stereocenters. The summed E-state index contributed by atoms with van der Waals surface area (Å²) in [6.45, 7) is 3.44. The Labute approximate surface area is 222 Å². The molecule has 0 atom stereocenters. The molecule has 5 rings (SSSR count). The number of carbonyl (C=O) groups excluding carboxylic acids is 1. The summed E-state index contributed by atoms with van der Waals surface area (Å²) in [5, 5.41) is 26.8. The molecule has 0 spiro atoms. The van der Waals surface area contributed by atoms with Gasteiger partial charge in [-0.05, 0) is 80.0 Å². The van der Waals surface area contributed by atoms with Crippen molar-refractivity contribution in [3.05, 3.63) is 80.9 Å². The number of nitrogens with zero attached hydrogens (tertiary/aromatic N) is 5. The number of thiocarbonyl (C=S) groups is 1. The Balaban J connectivity index is 1.29. The highest BCUT2D eigenvalue weighted by Crippen LogP contribution is 2.31. The number of nitrogens with one attached hydrogen (secondary N) is 2. The molecule has 1 fully saturated rings. The first kappa shape index (κ1) is 24.6. The molecule has 1 saturated heterocycles. The van der Waals surface area contributed by atoms with Crippen molar-refractivity contribution in [3.63, 3.8) is 0 Å². The number of hydrogen-bond acceptors (Lipinski definition) is 7. The molecule has 188 valence electrons. The number of nitro benzene ring substituents is 1. The molecule has 12 heteroatoms. The fraction of sp³-hybridized carbons (Fsp3) is 0.200. The highest BCUT2D eigenvalue weighted by molar-refractivity contribution is 7.80. The van der Waals surface area contributed by atoms with Gasteiger partial charge in [-0.1, -0.05) is 17.7 Å². The minimum absolute atomic E-state index is 0.0494. The number of hydrogen-bond donors (Lipinski definition) is 2. The van der Waals surface area contributed by atoms with Gasteiger partial charge in [0.25, 0.3) is 11.6 Å². The summed E-state index contributed by atoms with van der Waals surface area (Å²) in [6, 6.07) is 15.3. The lowest BCUT2D eigenvalue weighted by molar-refractivity contribution is -0.384. The molecule has 0 radical (unpaired) electrons. The van der Waals surface area contributed by atoms with Gasteiger partial charge in [0.05, 0.1) is 10.6 Å². The van der Waals surface area contributed by atoms with E-state index in [1.807, 2.05) is 24.0 Å². The smallest absolute Gasteiger partial charge is 0.293 e. The molecule has 2 heterocycles. The van der Waals surface area contributed by atoms with Crippen molar-refractivity contribution in [2.45, 2.75) is 19.8 Å². The van der Waals surface area contributed by atoms with Crippen LogP contribution in [0.5, 0.6) is 0 Å². The Morgan fingerprint density at radius 1 is 1.05 bits per heavy atom. The SMILES string of the molecule is Cc1ccc(-n2nc3ccc(NC(=S)NC(=O)c4ccc(N5CCCC5)c([N+](=O)[O-])c4)cc3n2)cc1Cl. The number of halogens is 1. The number of aryl methyl sites for hydroxylation is 1. The molecule has 1 amide bonds. The summed E-state index contributed by atoms with van der Waals surface area (Å²) in [5.41, 5.74) is 4.14. The van der Waals surface area contributed by atoms with E-state index < -0.39 is 10.8 Å². The largest absolute Gasteiger partial charge is 0.366 e. The van der Waals surface area contributed by atoms with E-state index in [-0.39, 0.29) is 16.4 Å². The molecule has 2 N–H and O–H groups in total. The fourth-order valence-electron chi connectivity index (χ4n) is 4.19. The third kappa shape index (κ3) is 5.23. The molecule has 1 aliphatic heterocycles. The molecule has 1 aromatic heterocycles. The Bertz CT molecular complexity index is 1550. The fourth-order valence-corrected chi connectivity index (χ4v) is 4.57. The van der Waals surface area contributed by atoms with Gasteiger partial charge in [0, 0.05) is 35.4 Å². The van der Waals surface area contributed by atoms with E-state index in [1.54, 1.807) is 36.4 Å². The molecule has 0 saturated carbocycles. The van der Waals surface area contributed by atoms with E-state index in [0.29, 0.717) is 27.4 Å². The molecule has 4 aromatic rings. The highest BCUT2D eigenvalue weighted by atomic mass is 35.5. The number of benzene rings is 3. The predicted molar refractivity (Wildman–Crippen MR) is 147 cm³/mol. The summed E-state index contributed by atoms with van der Waals surface area (Å²) in [5.74, 6) is -0.545. The van der Waals surface area contributed by atoms with E-state index in [1.165, 1.54) is 10.9 Å². The average molecular weight is 536 g/mol. The van der Waals surface area contributed by atoms with Crippen LogP contribution >= 0.6 is 23.8 Å². The van der Waals surface area contributed by atoms with Gasteiger partial charge < -0.3 is 10.2 Å². The second-order valence-corrected chi connectivity index (χ2v) is 9.50. The van der Waals surface area contributed by atoms with Crippen molar-refractivity contribution >= 4 is 62.9 Å². The average Bonchev–Trinajstić information content (AvgIpc) is 3.55. The van der Waals surface area contributed by atoms with Crippen LogP contribution in [0.4, 0.5) is 17.1 Å². The minimum Gasteiger partial charge on any atom is -0.366 e. The summed E-state index contributed by atoms with van der Waals surface area (Å²) < 4.78 is 0. The van der Waals surface area contributed by atoms with Crippen molar-refractivity contribution in [1.82, 2.24) is 20.3 Å². The van der Waals surface area contributed by atoms with Crippen LogP contribution < -0.4 is 15.5 Å². The summed E-state index contributed by atoms with van der Waals surface area (Å²) in [7, 11) is 0. The number of nitro groups is 1. The topological polar surface area (TPSA) is 118 Å². The van der Waals surface area contributed by atoms with E-state index in [2.05, 4.69) is 20.8 Å². The van der Waals surface area contributed by atoms with E-state index in [0.717, 1.165) is 37.2 Å². The lowest BCUT2D eigenvalue weighted by atomic mass is 10.1. The monoisotopic (exact) mass is 535 g/mol. The third-order valence-electron chi connectivity index (χ3n) is 6.13. The number of rotatable bonds is 5. The highest BCUT2D eigenvalue weighted by Gasteiger charge is 2.24. The normalized spacial score (nSPS) is 13.1. The maximum atomic E-state index is 12.8. The van der Waals surface area contributed by atoms with Gasteiger partial charge >= 0.3 is 0 Å². The second kappa shape index (κ2) is 10.1. The number of fused-ring (bicyclic) bond motifs is 1. The number of amides is 1. The van der Waals surface area contributed by atoms with E-state index >= 15 is 0 Å². The summed E-state index contributed by atoms with van der Waals surface area (Å²) >= 11 is 11.5. The zero-order valence-corrected chi connectivity index (χ0v) is 21.3. The Hall–Kier alpha value is -4.09. The first-order chi connectivity index (χ1) is 17.8. The Morgan fingerprint density at radius 2 is 1.81 bits per heavy atom. The summed E-state index contributed by atoms with van der Waals surface area (Å²) in [4.78, 5) is 27.4. The lowest BCUT2D eigenvalue weighted by Crippen LogP contribution is -2.34. The van der Waals surface area contributed by atoms with Crippen molar-refractivity contribution < 1.29 is 9.72 Å². The van der Waals surface area contributed by atoms with Gasteiger partial charge in [-0.25, -0.2) is 0 Å². The Morgan fingerprint density at radius 3 is 2.54 bits per heavy atom. The van der Waals surface area contributed by atoms with Gasteiger partial charge in [-0.15, -0.1) is 10.2 Å². The minimum atomic E-state index is -0.545. The van der Waals surface area contributed by atoms with E-state index in [9.17, 15) is 14.9 Å². The molecule has 1 aliphatic rings. The number of carbonyl (C=O) groups is 1.